The molecule has 9 nitrogen and oxygen atoms in total. The van der Waals surface area contributed by atoms with Gasteiger partial charge in [-0.15, -0.1) is 0 Å². The van der Waals surface area contributed by atoms with E-state index < -0.39 is 67.5 Å². The van der Waals surface area contributed by atoms with Crippen molar-refractivity contribution in [3.05, 3.63) is 0 Å². The molecule has 1 saturated carbocycles. The summed E-state index contributed by atoms with van der Waals surface area (Å²) in [4.78, 5) is 0. The summed E-state index contributed by atoms with van der Waals surface area (Å²) in [7, 11) is 0. The van der Waals surface area contributed by atoms with Crippen LogP contribution in [0.3, 0.4) is 0 Å². The number of aliphatic hydroxyl groups is 7. The van der Waals surface area contributed by atoms with Gasteiger partial charge in [0.25, 0.3) is 0 Å². The highest BCUT2D eigenvalue weighted by atomic mass is 16.7. The molecule has 148 valence electrons. The Bertz CT molecular complexity index is 416. The maximum Gasteiger partial charge on any atom is 0.186 e. The molecule has 0 bridgehead atoms. The van der Waals surface area contributed by atoms with Gasteiger partial charge in [0.1, 0.15) is 18.3 Å². The highest BCUT2D eigenvalue weighted by Gasteiger charge is 2.50. The SMILES string of the molecule is CC(C)C1C(CO)OC(OC2C(CO)CC(O)C(O)C2O)C(O)C1O. The molecule has 2 rings (SSSR count). The molecule has 1 aliphatic heterocycles. The summed E-state index contributed by atoms with van der Waals surface area (Å²) in [6.07, 6.45) is -10.0. The van der Waals surface area contributed by atoms with Crippen molar-refractivity contribution >= 4 is 0 Å². The molecule has 25 heavy (non-hydrogen) atoms. The Morgan fingerprint density at radius 2 is 1.56 bits per heavy atom. The lowest BCUT2D eigenvalue weighted by Crippen LogP contribution is -2.61. The first-order valence-corrected chi connectivity index (χ1v) is 8.65. The number of hydrogen-bond acceptors (Lipinski definition) is 9. The number of hydrogen-bond donors (Lipinski definition) is 7. The van der Waals surface area contributed by atoms with E-state index in [4.69, 9.17) is 9.47 Å². The summed E-state index contributed by atoms with van der Waals surface area (Å²) < 4.78 is 11.2. The molecule has 0 aromatic carbocycles. The largest absolute Gasteiger partial charge is 0.396 e. The van der Waals surface area contributed by atoms with Crippen molar-refractivity contribution in [1.82, 2.24) is 0 Å². The lowest BCUT2D eigenvalue weighted by Gasteiger charge is -2.47. The van der Waals surface area contributed by atoms with Crippen LogP contribution in [0.4, 0.5) is 0 Å². The van der Waals surface area contributed by atoms with E-state index in [2.05, 4.69) is 0 Å². The van der Waals surface area contributed by atoms with Crippen LogP contribution in [0.25, 0.3) is 0 Å². The predicted molar refractivity (Wildman–Crippen MR) is 84.2 cm³/mol. The smallest absolute Gasteiger partial charge is 0.186 e. The van der Waals surface area contributed by atoms with Gasteiger partial charge in [-0.2, -0.15) is 0 Å². The molecule has 1 aliphatic carbocycles. The zero-order valence-corrected chi connectivity index (χ0v) is 14.4. The molecule has 1 heterocycles. The van der Waals surface area contributed by atoms with Crippen molar-refractivity contribution in [1.29, 1.82) is 0 Å². The monoisotopic (exact) mass is 366 g/mol. The second kappa shape index (κ2) is 8.55. The third-order valence-electron chi connectivity index (χ3n) is 5.33. The Kier molecular flexibility index (Phi) is 7.17. The average molecular weight is 366 g/mol. The summed E-state index contributed by atoms with van der Waals surface area (Å²) in [6.45, 7) is 2.87. The summed E-state index contributed by atoms with van der Waals surface area (Å²) in [5.41, 5.74) is 0. The molecular weight excluding hydrogens is 336 g/mol. The van der Waals surface area contributed by atoms with E-state index in [0.29, 0.717) is 0 Å². The van der Waals surface area contributed by atoms with Gasteiger partial charge in [0, 0.05) is 18.4 Å². The molecule has 10 atom stereocenters. The zero-order valence-electron chi connectivity index (χ0n) is 14.4. The fraction of sp³-hybridized carbons (Fsp3) is 1.00. The van der Waals surface area contributed by atoms with E-state index in [9.17, 15) is 35.7 Å². The molecule has 0 amide bonds. The molecule has 0 spiro atoms. The third kappa shape index (κ3) is 4.15. The minimum absolute atomic E-state index is 0.00279. The first kappa shape index (κ1) is 20.9. The van der Waals surface area contributed by atoms with E-state index in [0.717, 1.165) is 0 Å². The van der Waals surface area contributed by atoms with Gasteiger partial charge >= 0.3 is 0 Å². The highest BCUT2D eigenvalue weighted by Crippen LogP contribution is 2.35. The maximum absolute atomic E-state index is 10.4. The first-order chi connectivity index (χ1) is 11.7. The standard InChI is InChI=1S/C16H30O9/c1-6(2)10-9(5-18)24-16(14(23)12(10)21)25-15-7(4-17)3-8(19)11(20)13(15)22/h6-23H,3-5H2,1-2H3. The van der Waals surface area contributed by atoms with Crippen LogP contribution in [0.2, 0.25) is 0 Å². The van der Waals surface area contributed by atoms with Crippen LogP contribution in [0.15, 0.2) is 0 Å². The van der Waals surface area contributed by atoms with Crippen molar-refractivity contribution in [3.8, 4) is 0 Å². The van der Waals surface area contributed by atoms with Gasteiger partial charge in [-0.25, -0.2) is 0 Å². The number of rotatable bonds is 5. The second-order valence-corrected chi connectivity index (χ2v) is 7.36. The molecule has 10 unspecified atom stereocenters. The molecule has 9 heteroatoms. The van der Waals surface area contributed by atoms with Crippen molar-refractivity contribution in [2.45, 2.75) is 69.3 Å². The summed E-state index contributed by atoms with van der Waals surface area (Å²) in [5.74, 6) is -1.25. The molecule has 7 N–H and O–H groups in total. The number of aliphatic hydroxyl groups excluding tert-OH is 7. The van der Waals surface area contributed by atoms with Gasteiger partial charge in [-0.05, 0) is 12.3 Å². The second-order valence-electron chi connectivity index (χ2n) is 7.36. The van der Waals surface area contributed by atoms with E-state index >= 15 is 0 Å². The lowest BCUT2D eigenvalue weighted by atomic mass is 9.80. The summed E-state index contributed by atoms with van der Waals surface area (Å²) >= 11 is 0. The van der Waals surface area contributed by atoms with Crippen molar-refractivity contribution in [2.24, 2.45) is 17.8 Å². The van der Waals surface area contributed by atoms with E-state index in [-0.39, 0.29) is 18.9 Å². The minimum atomic E-state index is -1.50. The fourth-order valence-electron chi connectivity index (χ4n) is 3.86. The van der Waals surface area contributed by atoms with E-state index in [1.807, 2.05) is 13.8 Å². The summed E-state index contributed by atoms with van der Waals surface area (Å²) in [5, 5.41) is 69.4. The van der Waals surface area contributed by atoms with Gasteiger partial charge in [0.2, 0.25) is 0 Å². The molecule has 0 aromatic heterocycles. The van der Waals surface area contributed by atoms with Gasteiger partial charge in [-0.3, -0.25) is 0 Å². The van der Waals surface area contributed by atoms with Gasteiger partial charge in [-0.1, -0.05) is 13.8 Å². The van der Waals surface area contributed by atoms with Crippen LogP contribution in [-0.2, 0) is 9.47 Å². The topological polar surface area (TPSA) is 160 Å². The van der Waals surface area contributed by atoms with Crippen LogP contribution in [0.5, 0.6) is 0 Å². The van der Waals surface area contributed by atoms with Gasteiger partial charge in [0.15, 0.2) is 6.29 Å². The molecule has 2 fully saturated rings. The predicted octanol–water partition coefficient (Wildman–Crippen LogP) is -2.82. The third-order valence-corrected chi connectivity index (χ3v) is 5.33. The molecular formula is C16H30O9. The van der Waals surface area contributed by atoms with Crippen molar-refractivity contribution in [3.63, 3.8) is 0 Å². The van der Waals surface area contributed by atoms with Crippen LogP contribution in [0, 0.1) is 17.8 Å². The highest BCUT2D eigenvalue weighted by molar-refractivity contribution is 4.96. The van der Waals surface area contributed by atoms with Gasteiger partial charge < -0.3 is 45.2 Å². The zero-order chi connectivity index (χ0) is 18.9. The van der Waals surface area contributed by atoms with Crippen LogP contribution >= 0.6 is 0 Å². The Morgan fingerprint density at radius 3 is 2.08 bits per heavy atom. The minimum Gasteiger partial charge on any atom is -0.396 e. The van der Waals surface area contributed by atoms with E-state index in [1.54, 1.807) is 0 Å². The van der Waals surface area contributed by atoms with Crippen molar-refractivity contribution < 1.29 is 45.2 Å². The Morgan fingerprint density at radius 1 is 0.920 bits per heavy atom. The summed E-state index contributed by atoms with van der Waals surface area (Å²) in [6, 6.07) is 0. The molecule has 1 saturated heterocycles. The first-order valence-electron chi connectivity index (χ1n) is 8.65. The molecule has 2 aliphatic rings. The Balaban J connectivity index is 2.15. The van der Waals surface area contributed by atoms with E-state index in [1.165, 1.54) is 0 Å². The maximum atomic E-state index is 10.4. The lowest BCUT2D eigenvalue weighted by molar-refractivity contribution is -0.326. The molecule has 0 aromatic rings. The van der Waals surface area contributed by atoms with Crippen LogP contribution < -0.4 is 0 Å². The Labute approximate surface area is 146 Å². The normalized spacial score (nSPS) is 48.7. The van der Waals surface area contributed by atoms with Crippen LogP contribution in [-0.4, -0.2) is 98.0 Å². The van der Waals surface area contributed by atoms with Crippen LogP contribution in [0.1, 0.15) is 20.3 Å². The van der Waals surface area contributed by atoms with Gasteiger partial charge in [0.05, 0.1) is 31.0 Å². The quantitative estimate of drug-likeness (QED) is 0.272. The average Bonchev–Trinajstić information content (AvgIpc) is 2.57. The fourth-order valence-corrected chi connectivity index (χ4v) is 3.86. The Hall–Kier alpha value is -0.360. The van der Waals surface area contributed by atoms with Crippen molar-refractivity contribution in [2.75, 3.05) is 13.2 Å². The number of ether oxygens (including phenoxy) is 2. The molecule has 0 radical (unpaired) electrons.